The molecular weight excluding hydrogens is 208 g/mol. The van der Waals surface area contributed by atoms with Crippen LogP contribution in [0.25, 0.3) is 0 Å². The van der Waals surface area contributed by atoms with Crippen LogP contribution < -0.4 is 0 Å². The van der Waals surface area contributed by atoms with Gasteiger partial charge in [0.15, 0.2) is 0 Å². The minimum absolute atomic E-state index is 0.323. The maximum Gasteiger partial charge on any atom is 0.0802 e. The van der Waals surface area contributed by atoms with Crippen molar-refractivity contribution in [3.05, 3.63) is 12.2 Å². The second kappa shape index (κ2) is 7.01. The molecule has 94 valence electrons. The van der Waals surface area contributed by atoms with E-state index in [0.29, 0.717) is 25.7 Å². The minimum atomic E-state index is -0.810. The highest BCUT2D eigenvalue weighted by atomic mass is 16.3. The van der Waals surface area contributed by atoms with Crippen LogP contribution in [0.2, 0.25) is 0 Å². The molecule has 0 fully saturated rings. The zero-order valence-corrected chi connectivity index (χ0v) is 9.50. The smallest absolute Gasteiger partial charge is 0.0802 e. The van der Waals surface area contributed by atoms with E-state index in [0.717, 1.165) is 12.8 Å². The zero-order chi connectivity index (χ0) is 12.0. The highest BCUT2D eigenvalue weighted by Crippen LogP contribution is 2.15. The summed E-state index contributed by atoms with van der Waals surface area (Å²) in [4.78, 5) is 0. The van der Waals surface area contributed by atoms with Crippen molar-refractivity contribution in [1.82, 2.24) is 0 Å². The lowest BCUT2D eigenvalue weighted by Crippen LogP contribution is -2.31. The van der Waals surface area contributed by atoms with Gasteiger partial charge in [0.25, 0.3) is 0 Å². The van der Waals surface area contributed by atoms with E-state index in [2.05, 4.69) is 0 Å². The van der Waals surface area contributed by atoms with E-state index in [4.69, 9.17) is 0 Å². The van der Waals surface area contributed by atoms with Gasteiger partial charge < -0.3 is 20.4 Å². The normalized spacial score (nSPS) is 38.8. The molecule has 0 aliphatic heterocycles. The molecule has 1 aliphatic rings. The number of allylic oxidation sites excluding steroid dienone is 2. The van der Waals surface area contributed by atoms with Gasteiger partial charge in [0, 0.05) is 0 Å². The van der Waals surface area contributed by atoms with Crippen molar-refractivity contribution in [1.29, 1.82) is 0 Å². The molecule has 16 heavy (non-hydrogen) atoms. The Kier molecular flexibility index (Phi) is 5.98. The van der Waals surface area contributed by atoms with Crippen LogP contribution in [-0.2, 0) is 0 Å². The molecule has 0 saturated carbocycles. The molecule has 0 saturated heterocycles. The lowest BCUT2D eigenvalue weighted by atomic mass is 9.97. The Morgan fingerprint density at radius 3 is 1.25 bits per heavy atom. The lowest BCUT2D eigenvalue weighted by Gasteiger charge is -2.22. The molecule has 0 aromatic rings. The van der Waals surface area contributed by atoms with Crippen LogP contribution in [0.4, 0.5) is 0 Å². The molecule has 0 heterocycles. The Morgan fingerprint density at radius 1 is 0.562 bits per heavy atom. The molecule has 4 atom stereocenters. The van der Waals surface area contributed by atoms with Gasteiger partial charge in [0.05, 0.1) is 24.4 Å². The maximum atomic E-state index is 9.60. The summed E-state index contributed by atoms with van der Waals surface area (Å²) >= 11 is 0. The van der Waals surface area contributed by atoms with Gasteiger partial charge in [-0.1, -0.05) is 12.2 Å². The van der Waals surface area contributed by atoms with Gasteiger partial charge in [-0.3, -0.25) is 0 Å². The predicted octanol–water partition coefficient (Wildman–Crippen LogP) is 0.340. The summed E-state index contributed by atoms with van der Waals surface area (Å²) in [7, 11) is 0. The van der Waals surface area contributed by atoms with Crippen molar-refractivity contribution >= 4 is 0 Å². The molecule has 0 aromatic carbocycles. The molecule has 0 bridgehead atoms. The summed E-state index contributed by atoms with van der Waals surface area (Å²) in [5.41, 5.74) is 0. The molecule has 0 spiro atoms. The number of aliphatic hydroxyl groups excluding tert-OH is 4. The van der Waals surface area contributed by atoms with Crippen molar-refractivity contribution in [2.45, 2.75) is 62.9 Å². The summed E-state index contributed by atoms with van der Waals surface area (Å²) in [6, 6.07) is 0. The minimum Gasteiger partial charge on any atom is -0.390 e. The van der Waals surface area contributed by atoms with E-state index in [9.17, 15) is 20.4 Å². The molecule has 1 aliphatic carbocycles. The highest BCUT2D eigenvalue weighted by Gasteiger charge is 2.21. The fourth-order valence-corrected chi connectivity index (χ4v) is 1.88. The first-order chi connectivity index (χ1) is 7.61. The third-order valence-electron chi connectivity index (χ3n) is 3.07. The zero-order valence-electron chi connectivity index (χ0n) is 9.50. The van der Waals surface area contributed by atoms with Gasteiger partial charge in [0.2, 0.25) is 0 Å². The van der Waals surface area contributed by atoms with Crippen LogP contribution >= 0.6 is 0 Å². The van der Waals surface area contributed by atoms with E-state index in [1.807, 2.05) is 12.2 Å². The van der Waals surface area contributed by atoms with Crippen LogP contribution in [0, 0.1) is 0 Å². The van der Waals surface area contributed by atoms with Crippen molar-refractivity contribution in [3.8, 4) is 0 Å². The SMILES string of the molecule is OC1CCC=CCCC(O)C(O)CCC1O. The molecule has 4 unspecified atom stereocenters. The van der Waals surface area contributed by atoms with Crippen LogP contribution in [-0.4, -0.2) is 44.8 Å². The second-order valence-electron chi connectivity index (χ2n) is 4.47. The summed E-state index contributed by atoms with van der Waals surface area (Å²) in [6.45, 7) is 0. The van der Waals surface area contributed by atoms with Crippen LogP contribution in [0.5, 0.6) is 0 Å². The van der Waals surface area contributed by atoms with Crippen molar-refractivity contribution in [2.24, 2.45) is 0 Å². The maximum absolute atomic E-state index is 9.60. The topological polar surface area (TPSA) is 80.9 Å². The number of aliphatic hydroxyl groups is 4. The Labute approximate surface area is 96.2 Å². The molecule has 0 amide bonds. The van der Waals surface area contributed by atoms with Gasteiger partial charge in [-0.15, -0.1) is 0 Å². The molecule has 4 N–H and O–H groups in total. The molecule has 4 heteroatoms. The van der Waals surface area contributed by atoms with Crippen LogP contribution in [0.1, 0.15) is 38.5 Å². The first-order valence-electron chi connectivity index (χ1n) is 5.98. The van der Waals surface area contributed by atoms with E-state index in [1.165, 1.54) is 0 Å². The fourth-order valence-electron chi connectivity index (χ4n) is 1.88. The highest BCUT2D eigenvalue weighted by molar-refractivity contribution is 4.86. The molecule has 0 aromatic heterocycles. The third-order valence-corrected chi connectivity index (χ3v) is 3.07. The van der Waals surface area contributed by atoms with Gasteiger partial charge in [-0.25, -0.2) is 0 Å². The monoisotopic (exact) mass is 230 g/mol. The molecular formula is C12H22O4. The van der Waals surface area contributed by atoms with E-state index < -0.39 is 24.4 Å². The summed E-state index contributed by atoms with van der Waals surface area (Å²) in [6.07, 6.45) is 3.96. The van der Waals surface area contributed by atoms with E-state index in [1.54, 1.807) is 0 Å². The quantitative estimate of drug-likeness (QED) is 0.452. The first kappa shape index (κ1) is 13.6. The van der Waals surface area contributed by atoms with Gasteiger partial charge in [0.1, 0.15) is 0 Å². The predicted molar refractivity (Wildman–Crippen MR) is 60.9 cm³/mol. The summed E-state index contributed by atoms with van der Waals surface area (Å²) < 4.78 is 0. The van der Waals surface area contributed by atoms with Crippen molar-refractivity contribution < 1.29 is 20.4 Å². The van der Waals surface area contributed by atoms with Gasteiger partial charge in [-0.05, 0) is 38.5 Å². The van der Waals surface area contributed by atoms with Crippen molar-refractivity contribution in [2.75, 3.05) is 0 Å². The van der Waals surface area contributed by atoms with Crippen LogP contribution in [0.3, 0.4) is 0 Å². The Bertz CT molecular complexity index is 195. The number of rotatable bonds is 0. The number of hydrogen-bond acceptors (Lipinski definition) is 4. The molecule has 1 rings (SSSR count). The molecule has 0 radical (unpaired) electrons. The standard InChI is InChI=1S/C12H22O4/c13-9-5-3-1-2-4-6-10(14)12(16)8-7-11(9)15/h1-2,9-16H,3-8H2. The Morgan fingerprint density at radius 2 is 0.875 bits per heavy atom. The summed E-state index contributed by atoms with van der Waals surface area (Å²) in [5, 5.41) is 38.4. The van der Waals surface area contributed by atoms with Gasteiger partial charge in [-0.2, -0.15) is 0 Å². The van der Waals surface area contributed by atoms with Crippen LogP contribution in [0.15, 0.2) is 12.2 Å². The first-order valence-corrected chi connectivity index (χ1v) is 5.98. The average molecular weight is 230 g/mol. The fraction of sp³-hybridized carbons (Fsp3) is 0.833. The van der Waals surface area contributed by atoms with E-state index in [-0.39, 0.29) is 0 Å². The Hall–Kier alpha value is -0.420. The third kappa shape index (κ3) is 4.61. The molecule has 4 nitrogen and oxygen atoms in total. The largest absolute Gasteiger partial charge is 0.390 e. The van der Waals surface area contributed by atoms with Gasteiger partial charge >= 0.3 is 0 Å². The van der Waals surface area contributed by atoms with E-state index >= 15 is 0 Å². The second-order valence-corrected chi connectivity index (χ2v) is 4.47. The number of hydrogen-bond donors (Lipinski definition) is 4. The average Bonchev–Trinajstić information content (AvgIpc) is 2.27. The Balaban J connectivity index is 2.52. The lowest BCUT2D eigenvalue weighted by molar-refractivity contribution is -0.0223. The summed E-state index contributed by atoms with van der Waals surface area (Å²) in [5.74, 6) is 0. The van der Waals surface area contributed by atoms with Crippen molar-refractivity contribution in [3.63, 3.8) is 0 Å².